The molecule has 7 heteroatoms. The van der Waals surface area contributed by atoms with Crippen LogP contribution in [0.4, 0.5) is 0 Å². The zero-order chi connectivity index (χ0) is 20.6. The highest BCUT2D eigenvalue weighted by Crippen LogP contribution is 2.14. The number of amides is 1. The van der Waals surface area contributed by atoms with Crippen LogP contribution in [0.1, 0.15) is 20.7 Å². The normalized spacial score (nSPS) is 15.6. The van der Waals surface area contributed by atoms with Crippen molar-refractivity contribution in [2.24, 2.45) is 0 Å². The van der Waals surface area contributed by atoms with E-state index in [0.29, 0.717) is 49.6 Å². The lowest BCUT2D eigenvalue weighted by Gasteiger charge is -2.35. The van der Waals surface area contributed by atoms with Crippen molar-refractivity contribution in [1.29, 1.82) is 0 Å². The van der Waals surface area contributed by atoms with Crippen molar-refractivity contribution >= 4 is 11.9 Å². The smallest absolute Gasteiger partial charge is 0.337 e. The number of hydrogen-bond acceptors (Lipinski definition) is 6. The Bertz CT molecular complexity index is 802. The van der Waals surface area contributed by atoms with E-state index in [-0.39, 0.29) is 12.5 Å². The highest BCUT2D eigenvalue weighted by atomic mass is 16.5. The lowest BCUT2D eigenvalue weighted by atomic mass is 10.2. The molecule has 0 bridgehead atoms. The van der Waals surface area contributed by atoms with Crippen LogP contribution in [0.15, 0.2) is 54.6 Å². The summed E-state index contributed by atoms with van der Waals surface area (Å²) in [4.78, 5) is 27.9. The number of carbonyl (C=O) groups is 2. The van der Waals surface area contributed by atoms with E-state index in [0.717, 1.165) is 0 Å². The van der Waals surface area contributed by atoms with Crippen molar-refractivity contribution in [2.45, 2.75) is 6.10 Å². The molecule has 0 aliphatic carbocycles. The molecule has 7 nitrogen and oxygen atoms in total. The molecule has 2 aromatic rings. The third-order valence-corrected chi connectivity index (χ3v) is 4.87. The van der Waals surface area contributed by atoms with Crippen molar-refractivity contribution in [2.75, 3.05) is 46.4 Å². The number of methoxy groups -OCH3 is 1. The summed E-state index contributed by atoms with van der Waals surface area (Å²) in [5, 5.41) is 10.3. The van der Waals surface area contributed by atoms with Crippen LogP contribution in [-0.4, -0.2) is 79.3 Å². The Morgan fingerprint density at radius 3 is 2.24 bits per heavy atom. The summed E-state index contributed by atoms with van der Waals surface area (Å²) >= 11 is 0. The summed E-state index contributed by atoms with van der Waals surface area (Å²) in [6.45, 7) is 3.33. The van der Waals surface area contributed by atoms with Crippen LogP contribution in [-0.2, 0) is 4.74 Å². The van der Waals surface area contributed by atoms with Gasteiger partial charge in [0.1, 0.15) is 18.5 Å². The summed E-state index contributed by atoms with van der Waals surface area (Å²) in [5.74, 6) is 0.223. The average molecular weight is 398 g/mol. The molecule has 1 N–H and O–H groups in total. The first-order valence-electron chi connectivity index (χ1n) is 9.62. The first-order valence-corrected chi connectivity index (χ1v) is 9.62. The molecule has 0 spiro atoms. The van der Waals surface area contributed by atoms with E-state index in [9.17, 15) is 14.7 Å². The van der Waals surface area contributed by atoms with E-state index in [2.05, 4.69) is 9.64 Å². The number of ether oxygens (including phenoxy) is 2. The van der Waals surface area contributed by atoms with Crippen LogP contribution in [0.3, 0.4) is 0 Å². The Kier molecular flexibility index (Phi) is 7.21. The zero-order valence-corrected chi connectivity index (χ0v) is 16.5. The molecule has 154 valence electrons. The Morgan fingerprint density at radius 1 is 0.966 bits per heavy atom. The SMILES string of the molecule is COC(=O)c1ccc(OC[C@@H](O)CN2CCN(C(=O)c3ccccc3)CC2)cc1. The Hall–Kier alpha value is -2.90. The maximum Gasteiger partial charge on any atom is 0.337 e. The third kappa shape index (κ3) is 5.79. The number of esters is 1. The number of aliphatic hydroxyl groups excluding tert-OH is 1. The topological polar surface area (TPSA) is 79.3 Å². The lowest BCUT2D eigenvalue weighted by molar-refractivity contribution is 0.0403. The standard InChI is InChI=1S/C22H26N2O5/c1-28-22(27)18-7-9-20(10-8-18)29-16-19(25)15-23-11-13-24(14-12-23)21(26)17-5-3-2-4-6-17/h2-10,19,25H,11-16H2,1H3/t19-/m0/s1. The third-order valence-electron chi connectivity index (χ3n) is 4.87. The summed E-state index contributed by atoms with van der Waals surface area (Å²) in [7, 11) is 1.33. The molecule has 0 saturated carbocycles. The molecule has 1 atom stereocenters. The zero-order valence-electron chi connectivity index (χ0n) is 16.5. The predicted octanol–water partition coefficient (Wildman–Crippen LogP) is 1.67. The van der Waals surface area contributed by atoms with Crippen molar-refractivity contribution in [3.05, 3.63) is 65.7 Å². The molecule has 1 amide bonds. The highest BCUT2D eigenvalue weighted by Gasteiger charge is 2.23. The number of piperazine rings is 1. The van der Waals surface area contributed by atoms with Gasteiger partial charge in [0.05, 0.1) is 12.7 Å². The lowest BCUT2D eigenvalue weighted by Crippen LogP contribution is -2.50. The Morgan fingerprint density at radius 2 is 1.62 bits per heavy atom. The van der Waals surface area contributed by atoms with E-state index in [1.165, 1.54) is 7.11 Å². The second-order valence-electron chi connectivity index (χ2n) is 6.94. The monoisotopic (exact) mass is 398 g/mol. The molecular weight excluding hydrogens is 372 g/mol. The fourth-order valence-electron chi connectivity index (χ4n) is 3.25. The molecule has 2 aromatic carbocycles. The van der Waals surface area contributed by atoms with Crippen LogP contribution < -0.4 is 4.74 Å². The Labute approximate surface area is 170 Å². The van der Waals surface area contributed by atoms with Gasteiger partial charge in [0.15, 0.2) is 0 Å². The van der Waals surface area contributed by atoms with E-state index >= 15 is 0 Å². The maximum atomic E-state index is 12.5. The van der Waals surface area contributed by atoms with Crippen LogP contribution in [0.5, 0.6) is 5.75 Å². The molecule has 1 fully saturated rings. The molecule has 0 radical (unpaired) electrons. The number of aliphatic hydroxyl groups is 1. The Balaban J connectivity index is 1.40. The number of benzene rings is 2. The predicted molar refractivity (Wildman–Crippen MR) is 108 cm³/mol. The minimum absolute atomic E-state index is 0.0459. The summed E-state index contributed by atoms with van der Waals surface area (Å²) in [5.41, 5.74) is 1.15. The van der Waals surface area contributed by atoms with Gasteiger partial charge in [0.2, 0.25) is 0 Å². The first kappa shape index (κ1) is 20.8. The molecule has 0 unspecified atom stereocenters. The number of rotatable bonds is 7. The summed E-state index contributed by atoms with van der Waals surface area (Å²) < 4.78 is 10.3. The number of β-amino-alcohol motifs (C(OH)–C–C–N with tert-alkyl or cyclic N) is 1. The second kappa shape index (κ2) is 10.0. The molecule has 1 aliphatic heterocycles. The van der Waals surface area contributed by atoms with Gasteiger partial charge in [-0.1, -0.05) is 18.2 Å². The molecule has 0 aromatic heterocycles. The van der Waals surface area contributed by atoms with Gasteiger partial charge in [0, 0.05) is 38.3 Å². The van der Waals surface area contributed by atoms with Gasteiger partial charge in [-0.25, -0.2) is 4.79 Å². The summed E-state index contributed by atoms with van der Waals surface area (Å²) in [6, 6.07) is 15.9. The quantitative estimate of drug-likeness (QED) is 0.715. The van der Waals surface area contributed by atoms with Crippen LogP contribution in [0.2, 0.25) is 0 Å². The van der Waals surface area contributed by atoms with E-state index in [4.69, 9.17) is 4.74 Å². The number of nitrogens with zero attached hydrogens (tertiary/aromatic N) is 2. The first-order chi connectivity index (χ1) is 14.1. The van der Waals surface area contributed by atoms with Crippen molar-refractivity contribution in [1.82, 2.24) is 9.80 Å². The molecule has 1 saturated heterocycles. The van der Waals surface area contributed by atoms with E-state index in [1.54, 1.807) is 24.3 Å². The van der Waals surface area contributed by atoms with Gasteiger partial charge in [-0.05, 0) is 36.4 Å². The molecule has 29 heavy (non-hydrogen) atoms. The van der Waals surface area contributed by atoms with Gasteiger partial charge >= 0.3 is 5.97 Å². The van der Waals surface area contributed by atoms with Crippen LogP contribution in [0.25, 0.3) is 0 Å². The number of hydrogen-bond donors (Lipinski definition) is 1. The molecule has 3 rings (SSSR count). The fraction of sp³-hybridized carbons (Fsp3) is 0.364. The maximum absolute atomic E-state index is 12.5. The minimum Gasteiger partial charge on any atom is -0.491 e. The minimum atomic E-state index is -0.647. The van der Waals surface area contributed by atoms with E-state index < -0.39 is 12.1 Å². The molecular formula is C22H26N2O5. The van der Waals surface area contributed by atoms with Crippen LogP contribution in [0, 0.1) is 0 Å². The fourth-order valence-corrected chi connectivity index (χ4v) is 3.25. The average Bonchev–Trinajstić information content (AvgIpc) is 2.78. The summed E-state index contributed by atoms with van der Waals surface area (Å²) in [6.07, 6.45) is -0.647. The van der Waals surface area contributed by atoms with E-state index in [1.807, 2.05) is 35.2 Å². The van der Waals surface area contributed by atoms with Gasteiger partial charge in [-0.3, -0.25) is 9.69 Å². The molecule has 1 heterocycles. The second-order valence-corrected chi connectivity index (χ2v) is 6.94. The largest absolute Gasteiger partial charge is 0.491 e. The van der Waals surface area contributed by atoms with Gasteiger partial charge in [-0.15, -0.1) is 0 Å². The van der Waals surface area contributed by atoms with Gasteiger partial charge in [0.25, 0.3) is 5.91 Å². The van der Waals surface area contributed by atoms with Crippen molar-refractivity contribution < 1.29 is 24.2 Å². The van der Waals surface area contributed by atoms with Crippen LogP contribution >= 0.6 is 0 Å². The number of carbonyl (C=O) groups excluding carboxylic acids is 2. The molecule has 1 aliphatic rings. The van der Waals surface area contributed by atoms with Gasteiger partial charge < -0.3 is 19.5 Å². The van der Waals surface area contributed by atoms with Crippen molar-refractivity contribution in [3.8, 4) is 5.75 Å². The van der Waals surface area contributed by atoms with Crippen molar-refractivity contribution in [3.63, 3.8) is 0 Å². The van der Waals surface area contributed by atoms with Gasteiger partial charge in [-0.2, -0.15) is 0 Å². The highest BCUT2D eigenvalue weighted by molar-refractivity contribution is 5.94.